The summed E-state index contributed by atoms with van der Waals surface area (Å²) in [4.78, 5) is 4.17. The van der Waals surface area contributed by atoms with Gasteiger partial charge in [0.05, 0.1) is 12.3 Å². The second-order valence-corrected chi connectivity index (χ2v) is 5.63. The summed E-state index contributed by atoms with van der Waals surface area (Å²) in [5.74, 6) is 0.667. The number of ether oxygens (including phenoxy) is 3. The Hall–Kier alpha value is -1.17. The summed E-state index contributed by atoms with van der Waals surface area (Å²) in [5.41, 5.74) is 0.133. The summed E-state index contributed by atoms with van der Waals surface area (Å²) in [5, 5.41) is 10.8. The maximum Gasteiger partial charge on any atom is 0.138 e. The Kier molecular flexibility index (Phi) is 5.56. The number of pyridine rings is 1. The number of aliphatic hydroxyl groups is 1. The molecule has 1 aromatic heterocycles. The molecule has 0 spiro atoms. The van der Waals surface area contributed by atoms with Crippen molar-refractivity contribution >= 4 is 0 Å². The molecule has 21 heavy (non-hydrogen) atoms. The fourth-order valence-electron chi connectivity index (χ4n) is 2.73. The van der Waals surface area contributed by atoms with Crippen molar-refractivity contribution in [2.45, 2.75) is 51.4 Å². The molecule has 1 atom stereocenters. The molecule has 5 nitrogen and oxygen atoms in total. The molecule has 1 aromatic rings. The van der Waals surface area contributed by atoms with Crippen LogP contribution < -0.4 is 4.74 Å². The minimum absolute atomic E-state index is 0.0723. The molecule has 0 aromatic carbocycles. The van der Waals surface area contributed by atoms with Crippen LogP contribution in [-0.4, -0.2) is 41.6 Å². The van der Waals surface area contributed by atoms with Crippen LogP contribution in [0, 0.1) is 0 Å². The van der Waals surface area contributed by atoms with Crippen LogP contribution in [-0.2, 0) is 9.47 Å². The largest absolute Gasteiger partial charge is 0.489 e. The van der Waals surface area contributed by atoms with Crippen LogP contribution in [0.25, 0.3) is 0 Å². The third-order valence-electron chi connectivity index (χ3n) is 3.69. The van der Waals surface area contributed by atoms with Crippen molar-refractivity contribution in [2.75, 3.05) is 19.8 Å². The average Bonchev–Trinajstić information content (AvgIpc) is 2.47. The zero-order valence-corrected chi connectivity index (χ0v) is 13.0. The van der Waals surface area contributed by atoms with Gasteiger partial charge in [-0.15, -0.1) is 0 Å². The minimum atomic E-state index is -0.732. The van der Waals surface area contributed by atoms with Crippen molar-refractivity contribution in [3.63, 3.8) is 0 Å². The third kappa shape index (κ3) is 3.93. The highest BCUT2D eigenvalue weighted by atomic mass is 16.5. The first kappa shape index (κ1) is 16.2. The fraction of sp³-hybridized carbons (Fsp3) is 0.688. The van der Waals surface area contributed by atoms with Gasteiger partial charge in [-0.1, -0.05) is 0 Å². The van der Waals surface area contributed by atoms with Crippen molar-refractivity contribution in [3.05, 3.63) is 24.0 Å². The van der Waals surface area contributed by atoms with Crippen LogP contribution >= 0.6 is 0 Å². The molecular weight excluding hydrogens is 270 g/mol. The topological polar surface area (TPSA) is 60.8 Å². The Balaban J connectivity index is 2.21. The van der Waals surface area contributed by atoms with E-state index in [-0.39, 0.29) is 6.10 Å². The molecule has 1 N–H and O–H groups in total. The lowest BCUT2D eigenvalue weighted by atomic mass is 9.84. The number of aromatic nitrogens is 1. The third-order valence-corrected chi connectivity index (χ3v) is 3.69. The van der Waals surface area contributed by atoms with E-state index in [1.165, 1.54) is 0 Å². The predicted molar refractivity (Wildman–Crippen MR) is 79.4 cm³/mol. The van der Waals surface area contributed by atoms with Gasteiger partial charge < -0.3 is 19.3 Å². The monoisotopic (exact) mass is 295 g/mol. The second-order valence-electron chi connectivity index (χ2n) is 5.63. The summed E-state index contributed by atoms with van der Waals surface area (Å²) in [7, 11) is 0. The maximum atomic E-state index is 10.8. The van der Waals surface area contributed by atoms with Crippen LogP contribution in [0.2, 0.25) is 0 Å². The normalized spacial score (nSPS) is 19.5. The molecule has 5 heteroatoms. The van der Waals surface area contributed by atoms with Crippen molar-refractivity contribution < 1.29 is 19.3 Å². The zero-order chi connectivity index (χ0) is 15.3. The quantitative estimate of drug-likeness (QED) is 0.873. The molecule has 0 saturated carbocycles. The molecule has 118 valence electrons. The van der Waals surface area contributed by atoms with Gasteiger partial charge in [-0.2, -0.15) is 0 Å². The summed E-state index contributed by atoms with van der Waals surface area (Å²) >= 11 is 0. The SMILES string of the molecule is CCOC1(C(O)c2cncc(OC(C)C)c2)CCOCC1. The van der Waals surface area contributed by atoms with Gasteiger partial charge in [0.15, 0.2) is 0 Å². The number of hydrogen-bond acceptors (Lipinski definition) is 5. The minimum Gasteiger partial charge on any atom is -0.489 e. The number of rotatable bonds is 6. The Morgan fingerprint density at radius 1 is 1.33 bits per heavy atom. The summed E-state index contributed by atoms with van der Waals surface area (Å²) < 4.78 is 17.0. The van der Waals surface area contributed by atoms with Gasteiger partial charge in [0.25, 0.3) is 0 Å². The molecule has 1 fully saturated rings. The smallest absolute Gasteiger partial charge is 0.138 e. The Morgan fingerprint density at radius 2 is 2.05 bits per heavy atom. The predicted octanol–water partition coefficient (Wildman–Crippen LogP) is 2.49. The van der Waals surface area contributed by atoms with Gasteiger partial charge in [-0.05, 0) is 26.8 Å². The van der Waals surface area contributed by atoms with E-state index < -0.39 is 11.7 Å². The molecule has 1 aliphatic heterocycles. The molecule has 0 bridgehead atoms. The average molecular weight is 295 g/mol. The molecule has 0 aliphatic carbocycles. The second kappa shape index (κ2) is 7.20. The van der Waals surface area contributed by atoms with Gasteiger partial charge in [0, 0.05) is 44.4 Å². The highest BCUT2D eigenvalue weighted by Crippen LogP contribution is 2.38. The van der Waals surface area contributed by atoms with Crippen molar-refractivity contribution in [3.8, 4) is 5.75 Å². The van der Waals surface area contributed by atoms with E-state index in [1.807, 2.05) is 26.8 Å². The fourth-order valence-corrected chi connectivity index (χ4v) is 2.73. The zero-order valence-electron chi connectivity index (χ0n) is 13.0. The molecule has 0 amide bonds. The lowest BCUT2D eigenvalue weighted by Crippen LogP contribution is -2.44. The van der Waals surface area contributed by atoms with Crippen molar-refractivity contribution in [1.29, 1.82) is 0 Å². The molecular formula is C16H25NO4. The number of aliphatic hydroxyl groups excluding tert-OH is 1. The summed E-state index contributed by atoms with van der Waals surface area (Å²) in [6.07, 6.45) is 4.03. The summed E-state index contributed by atoms with van der Waals surface area (Å²) in [6.45, 7) is 7.64. The van der Waals surface area contributed by atoms with Gasteiger partial charge >= 0.3 is 0 Å². The van der Waals surface area contributed by atoms with Gasteiger partial charge in [0.2, 0.25) is 0 Å². The van der Waals surface area contributed by atoms with Crippen LogP contribution in [0.1, 0.15) is 45.3 Å². The Labute approximate surface area is 126 Å². The number of hydrogen-bond donors (Lipinski definition) is 1. The molecule has 1 saturated heterocycles. The van der Waals surface area contributed by atoms with E-state index in [9.17, 15) is 5.11 Å². The summed E-state index contributed by atoms with van der Waals surface area (Å²) in [6, 6.07) is 1.84. The Bertz CT molecular complexity index is 438. The van der Waals surface area contributed by atoms with E-state index in [1.54, 1.807) is 12.4 Å². The van der Waals surface area contributed by atoms with Crippen molar-refractivity contribution in [1.82, 2.24) is 4.98 Å². The van der Waals surface area contributed by atoms with Crippen LogP contribution in [0.5, 0.6) is 5.75 Å². The number of nitrogens with zero attached hydrogens (tertiary/aromatic N) is 1. The van der Waals surface area contributed by atoms with E-state index in [4.69, 9.17) is 14.2 Å². The maximum absolute atomic E-state index is 10.8. The van der Waals surface area contributed by atoms with E-state index in [0.717, 1.165) is 5.56 Å². The van der Waals surface area contributed by atoms with Gasteiger partial charge in [-0.25, -0.2) is 0 Å². The van der Waals surface area contributed by atoms with Crippen LogP contribution in [0.4, 0.5) is 0 Å². The van der Waals surface area contributed by atoms with E-state index in [0.29, 0.717) is 38.4 Å². The van der Waals surface area contributed by atoms with Crippen LogP contribution in [0.15, 0.2) is 18.5 Å². The Morgan fingerprint density at radius 3 is 2.67 bits per heavy atom. The first-order valence-electron chi connectivity index (χ1n) is 7.59. The first-order chi connectivity index (χ1) is 10.1. The molecule has 0 radical (unpaired) electrons. The first-order valence-corrected chi connectivity index (χ1v) is 7.59. The van der Waals surface area contributed by atoms with E-state index in [2.05, 4.69) is 4.98 Å². The molecule has 1 aliphatic rings. The van der Waals surface area contributed by atoms with E-state index >= 15 is 0 Å². The standard InChI is InChI=1S/C16H25NO4/c1-4-20-16(5-7-19-8-6-16)15(18)13-9-14(11-17-10-13)21-12(2)3/h9-12,15,18H,4-8H2,1-3H3. The lowest BCUT2D eigenvalue weighted by molar-refractivity contribution is -0.168. The van der Waals surface area contributed by atoms with Crippen LogP contribution in [0.3, 0.4) is 0 Å². The molecule has 2 rings (SSSR count). The highest BCUT2D eigenvalue weighted by Gasteiger charge is 2.41. The highest BCUT2D eigenvalue weighted by molar-refractivity contribution is 5.27. The molecule has 2 heterocycles. The van der Waals surface area contributed by atoms with Crippen molar-refractivity contribution in [2.24, 2.45) is 0 Å². The van der Waals surface area contributed by atoms with Gasteiger partial charge in [-0.3, -0.25) is 4.98 Å². The molecule has 1 unspecified atom stereocenters. The lowest BCUT2D eigenvalue weighted by Gasteiger charge is -2.40. The van der Waals surface area contributed by atoms with Gasteiger partial charge in [0.1, 0.15) is 17.5 Å².